The van der Waals surface area contributed by atoms with Crippen LogP contribution in [0.25, 0.3) is 0 Å². The van der Waals surface area contributed by atoms with Crippen molar-refractivity contribution in [2.45, 2.75) is 79.1 Å². The Labute approximate surface area is 144 Å². The molecule has 2 aliphatic carbocycles. The van der Waals surface area contributed by atoms with Crippen LogP contribution in [0.15, 0.2) is 4.99 Å². The van der Waals surface area contributed by atoms with Crippen molar-refractivity contribution in [2.75, 3.05) is 0 Å². The number of nitrogens with zero attached hydrogens (tertiary/aromatic N) is 1. The van der Waals surface area contributed by atoms with Crippen molar-refractivity contribution >= 4 is 17.7 Å². The van der Waals surface area contributed by atoms with Gasteiger partial charge in [0.1, 0.15) is 6.10 Å². The van der Waals surface area contributed by atoms with Gasteiger partial charge >= 0.3 is 11.9 Å². The number of hydrogen-bond acceptors (Lipinski definition) is 5. The molecule has 1 heterocycles. The number of fused-ring (bicyclic) bond motifs is 5. The molecular weight excluding hydrogens is 306 g/mol. The average molecular weight is 335 g/mol. The highest BCUT2D eigenvalue weighted by Gasteiger charge is 2.67. The van der Waals surface area contributed by atoms with E-state index >= 15 is 0 Å². The zero-order valence-electron chi connectivity index (χ0n) is 15.6. The van der Waals surface area contributed by atoms with Crippen LogP contribution in [0.3, 0.4) is 0 Å². The molecule has 5 nitrogen and oxygen atoms in total. The van der Waals surface area contributed by atoms with Crippen molar-refractivity contribution in [3.63, 3.8) is 0 Å². The fourth-order valence-electron chi connectivity index (χ4n) is 4.83. The Balaban J connectivity index is 1.82. The second-order valence-electron chi connectivity index (χ2n) is 8.74. The van der Waals surface area contributed by atoms with E-state index in [1.165, 1.54) is 0 Å². The molecule has 5 heteroatoms. The Kier molecular flexibility index (Phi) is 4.04. The molecule has 0 aromatic carbocycles. The molecule has 5 atom stereocenters. The fraction of sp³-hybridized carbons (Fsp3) is 0.842. The maximum Gasteiger partial charge on any atom is 0.331 e. The Morgan fingerprint density at radius 1 is 1.33 bits per heavy atom. The molecule has 3 rings (SSSR count). The lowest BCUT2D eigenvalue weighted by molar-refractivity contribution is -0.154. The second kappa shape index (κ2) is 5.57. The van der Waals surface area contributed by atoms with Crippen molar-refractivity contribution in [3.8, 4) is 0 Å². The van der Waals surface area contributed by atoms with E-state index in [0.717, 1.165) is 18.6 Å². The summed E-state index contributed by atoms with van der Waals surface area (Å²) in [4.78, 5) is 29.2. The Morgan fingerprint density at radius 3 is 2.62 bits per heavy atom. The van der Waals surface area contributed by atoms with E-state index in [1.54, 1.807) is 0 Å². The SMILES string of the molecule is CC(C)OC(=O)CC(C)[C@@H]1N=C2C(OC1=O)[C@H]1CC[C@]2(C)C1(C)C. The largest absolute Gasteiger partial charge is 0.463 e. The molecule has 0 N–H and O–H groups in total. The van der Waals surface area contributed by atoms with Gasteiger partial charge in [-0.2, -0.15) is 0 Å². The number of hydrogen-bond donors (Lipinski definition) is 0. The average Bonchev–Trinajstić information content (AvgIpc) is 2.76. The van der Waals surface area contributed by atoms with Crippen molar-refractivity contribution in [1.29, 1.82) is 0 Å². The molecule has 1 aliphatic heterocycles. The first-order chi connectivity index (χ1) is 11.1. The summed E-state index contributed by atoms with van der Waals surface area (Å²) in [6, 6.07) is -0.595. The monoisotopic (exact) mass is 335 g/mol. The highest BCUT2D eigenvalue weighted by Crippen LogP contribution is 2.65. The summed E-state index contributed by atoms with van der Waals surface area (Å²) in [5.74, 6) is -0.442. The molecule has 24 heavy (non-hydrogen) atoms. The second-order valence-corrected chi connectivity index (χ2v) is 8.74. The van der Waals surface area contributed by atoms with Crippen LogP contribution in [0.5, 0.6) is 0 Å². The molecule has 3 aliphatic rings. The first-order valence-corrected chi connectivity index (χ1v) is 9.06. The molecular formula is C19H29NO4. The number of aliphatic imine (C=N–C) groups is 1. The van der Waals surface area contributed by atoms with E-state index < -0.39 is 6.04 Å². The summed E-state index contributed by atoms with van der Waals surface area (Å²) in [5, 5.41) is 0. The van der Waals surface area contributed by atoms with Crippen molar-refractivity contribution in [3.05, 3.63) is 0 Å². The van der Waals surface area contributed by atoms with E-state index in [-0.39, 0.29) is 47.3 Å². The molecule has 2 bridgehead atoms. The minimum atomic E-state index is -0.595. The number of carbonyl (C=O) groups is 2. The molecule has 2 fully saturated rings. The third-order valence-electron chi connectivity index (χ3n) is 6.66. The van der Waals surface area contributed by atoms with Crippen molar-refractivity contribution < 1.29 is 19.1 Å². The molecule has 2 unspecified atom stereocenters. The molecule has 0 amide bonds. The summed E-state index contributed by atoms with van der Waals surface area (Å²) in [7, 11) is 0. The molecule has 0 saturated heterocycles. The van der Waals surface area contributed by atoms with Gasteiger partial charge in [-0.1, -0.05) is 27.7 Å². The minimum absolute atomic E-state index is 0.0144. The van der Waals surface area contributed by atoms with Crippen LogP contribution in [0.4, 0.5) is 0 Å². The quantitative estimate of drug-likeness (QED) is 0.740. The molecule has 0 aromatic heterocycles. The standard InChI is InChI=1S/C19H29NO4/c1-10(2)23-13(21)9-11(3)14-17(22)24-15-12-7-8-19(6,16(15)20-14)18(12,4)5/h10-12,14-15H,7-9H2,1-6H3/t11?,12-,14+,15?,19+/m1/s1. The van der Waals surface area contributed by atoms with E-state index in [9.17, 15) is 9.59 Å². The van der Waals surface area contributed by atoms with Crippen LogP contribution in [-0.4, -0.2) is 35.9 Å². The normalized spacial score (nSPS) is 37.7. The predicted octanol–water partition coefficient (Wildman–Crippen LogP) is 3.16. The lowest BCUT2D eigenvalue weighted by Crippen LogP contribution is -2.46. The first-order valence-electron chi connectivity index (χ1n) is 9.06. The Bertz CT molecular complexity index is 594. The third-order valence-corrected chi connectivity index (χ3v) is 6.66. The number of carbonyl (C=O) groups excluding carboxylic acids is 2. The molecule has 2 saturated carbocycles. The lowest BCUT2D eigenvalue weighted by atomic mass is 9.70. The summed E-state index contributed by atoms with van der Waals surface area (Å²) < 4.78 is 11.0. The summed E-state index contributed by atoms with van der Waals surface area (Å²) >= 11 is 0. The van der Waals surface area contributed by atoms with Crippen LogP contribution in [0.1, 0.15) is 60.8 Å². The van der Waals surface area contributed by atoms with Gasteiger partial charge in [0.15, 0.2) is 6.04 Å². The van der Waals surface area contributed by atoms with E-state index in [2.05, 4.69) is 20.8 Å². The van der Waals surface area contributed by atoms with Crippen LogP contribution < -0.4 is 0 Å². The molecule has 0 radical (unpaired) electrons. The third kappa shape index (κ3) is 2.39. The number of esters is 2. The molecule has 0 aromatic rings. The van der Waals surface area contributed by atoms with Crippen LogP contribution >= 0.6 is 0 Å². The zero-order chi connectivity index (χ0) is 17.9. The van der Waals surface area contributed by atoms with Crippen LogP contribution in [0, 0.1) is 22.7 Å². The van der Waals surface area contributed by atoms with Crippen molar-refractivity contribution in [2.24, 2.45) is 27.7 Å². The topological polar surface area (TPSA) is 65.0 Å². The van der Waals surface area contributed by atoms with Gasteiger partial charge in [0.25, 0.3) is 0 Å². The number of ether oxygens (including phenoxy) is 2. The van der Waals surface area contributed by atoms with Gasteiger partial charge in [0.2, 0.25) is 0 Å². The maximum atomic E-state index is 12.5. The fourth-order valence-corrected chi connectivity index (χ4v) is 4.83. The minimum Gasteiger partial charge on any atom is -0.463 e. The maximum absolute atomic E-state index is 12.5. The summed E-state index contributed by atoms with van der Waals surface area (Å²) in [5.41, 5.74) is 1.11. The van der Waals surface area contributed by atoms with Gasteiger partial charge in [-0.25, -0.2) is 4.79 Å². The first kappa shape index (κ1) is 17.4. The molecule has 134 valence electrons. The highest BCUT2D eigenvalue weighted by molar-refractivity contribution is 6.03. The van der Waals surface area contributed by atoms with Gasteiger partial charge in [0, 0.05) is 11.3 Å². The van der Waals surface area contributed by atoms with Gasteiger partial charge in [-0.15, -0.1) is 0 Å². The Hall–Kier alpha value is -1.39. The lowest BCUT2D eigenvalue weighted by Gasteiger charge is -2.37. The van der Waals surface area contributed by atoms with Crippen LogP contribution in [-0.2, 0) is 19.1 Å². The molecule has 0 spiro atoms. The van der Waals surface area contributed by atoms with Gasteiger partial charge in [-0.05, 0) is 38.0 Å². The summed E-state index contributed by atoms with van der Waals surface area (Å²) in [6.45, 7) is 12.3. The predicted molar refractivity (Wildman–Crippen MR) is 90.7 cm³/mol. The zero-order valence-corrected chi connectivity index (χ0v) is 15.6. The Morgan fingerprint density at radius 2 is 2.00 bits per heavy atom. The van der Waals surface area contributed by atoms with Gasteiger partial charge in [0.05, 0.1) is 18.2 Å². The van der Waals surface area contributed by atoms with Gasteiger partial charge in [-0.3, -0.25) is 9.79 Å². The van der Waals surface area contributed by atoms with E-state index in [0.29, 0.717) is 5.92 Å². The van der Waals surface area contributed by atoms with Crippen molar-refractivity contribution in [1.82, 2.24) is 0 Å². The van der Waals surface area contributed by atoms with Crippen LogP contribution in [0.2, 0.25) is 0 Å². The highest BCUT2D eigenvalue weighted by atomic mass is 16.6. The smallest absolute Gasteiger partial charge is 0.331 e. The van der Waals surface area contributed by atoms with E-state index in [1.807, 2.05) is 20.8 Å². The van der Waals surface area contributed by atoms with E-state index in [4.69, 9.17) is 14.5 Å². The van der Waals surface area contributed by atoms with Gasteiger partial charge < -0.3 is 9.47 Å². The number of rotatable bonds is 4. The summed E-state index contributed by atoms with van der Waals surface area (Å²) in [6.07, 6.45) is 2.04.